The van der Waals surface area contributed by atoms with Gasteiger partial charge in [0.15, 0.2) is 17.3 Å². The van der Waals surface area contributed by atoms with Gasteiger partial charge in [-0.1, -0.05) is 18.2 Å². The number of amides is 1. The predicted octanol–water partition coefficient (Wildman–Crippen LogP) is 3.94. The fourth-order valence-electron chi connectivity index (χ4n) is 4.09. The number of nitrogens with one attached hydrogen (secondary N) is 3. The number of hydrogen-bond acceptors (Lipinski definition) is 10. The third-order valence-electron chi connectivity index (χ3n) is 6.06. The van der Waals surface area contributed by atoms with Gasteiger partial charge in [0.25, 0.3) is 0 Å². The molecule has 0 atom stereocenters. The summed E-state index contributed by atoms with van der Waals surface area (Å²) in [5, 5.41) is 18.0. The number of hydrogen-bond donors (Lipinski definition) is 3. The van der Waals surface area contributed by atoms with E-state index < -0.39 is 11.6 Å². The Morgan fingerprint density at radius 1 is 1.08 bits per heavy atom. The number of para-hydroxylation sites is 1. The van der Waals surface area contributed by atoms with Crippen molar-refractivity contribution in [3.05, 3.63) is 54.0 Å². The van der Waals surface area contributed by atoms with E-state index in [1.165, 1.54) is 0 Å². The van der Waals surface area contributed by atoms with Gasteiger partial charge in [0.2, 0.25) is 5.91 Å². The molecule has 11 nitrogen and oxygen atoms in total. The van der Waals surface area contributed by atoms with E-state index in [1.54, 1.807) is 31.5 Å². The Kier molecular flexibility index (Phi) is 7.14. The van der Waals surface area contributed by atoms with Crippen LogP contribution in [-0.4, -0.2) is 58.7 Å². The maximum Gasteiger partial charge on any atom is 0.357 e. The summed E-state index contributed by atoms with van der Waals surface area (Å²) in [4.78, 5) is 33.5. The second-order valence-corrected chi connectivity index (χ2v) is 10.4. The summed E-state index contributed by atoms with van der Waals surface area (Å²) in [5.74, 6) is 1.05. The highest BCUT2D eigenvalue weighted by Crippen LogP contribution is 2.38. The lowest BCUT2D eigenvalue weighted by Crippen LogP contribution is -2.24. The lowest BCUT2D eigenvalue weighted by atomic mass is 10.0. The number of anilines is 3. The molecule has 1 amide bonds. The molecule has 0 saturated heterocycles. The Bertz CT molecular complexity index is 1430. The Balaban J connectivity index is 1.45. The third kappa shape index (κ3) is 6.14. The summed E-state index contributed by atoms with van der Waals surface area (Å²) >= 11 is 0. The summed E-state index contributed by atoms with van der Waals surface area (Å²) in [6, 6.07) is 10.8. The molecule has 0 bridgehead atoms. The Hall–Kier alpha value is -4.54. The molecule has 2 aromatic heterocycles. The molecule has 202 valence electrons. The van der Waals surface area contributed by atoms with E-state index in [2.05, 4.69) is 36.1 Å². The maximum atomic E-state index is 12.4. The first-order chi connectivity index (χ1) is 18.7. The van der Waals surface area contributed by atoms with Gasteiger partial charge in [0.1, 0.15) is 17.0 Å². The van der Waals surface area contributed by atoms with Crippen molar-refractivity contribution >= 4 is 34.9 Å². The van der Waals surface area contributed by atoms with Crippen molar-refractivity contribution < 1.29 is 19.1 Å². The minimum Gasteiger partial charge on any atom is -0.494 e. The first kappa shape index (κ1) is 26.1. The molecule has 11 heteroatoms. The normalized spacial score (nSPS) is 14.7. The molecule has 0 radical (unpaired) electrons. The summed E-state index contributed by atoms with van der Waals surface area (Å²) in [7, 11) is 1.59. The highest BCUT2D eigenvalue weighted by Gasteiger charge is 2.30. The van der Waals surface area contributed by atoms with Crippen LogP contribution < -0.4 is 20.7 Å². The molecule has 1 aliphatic heterocycles. The van der Waals surface area contributed by atoms with E-state index >= 15 is 0 Å². The molecule has 1 saturated carbocycles. The zero-order valence-electron chi connectivity index (χ0n) is 22.4. The van der Waals surface area contributed by atoms with Crippen molar-refractivity contribution in [2.45, 2.75) is 39.2 Å². The van der Waals surface area contributed by atoms with Crippen LogP contribution in [0, 0.1) is 5.92 Å². The van der Waals surface area contributed by atoms with Crippen molar-refractivity contribution in [3.8, 4) is 16.9 Å². The molecular weight excluding hydrogens is 498 g/mol. The number of esters is 1. The molecule has 39 heavy (non-hydrogen) atoms. The van der Waals surface area contributed by atoms with Crippen LogP contribution in [0.3, 0.4) is 0 Å². The van der Waals surface area contributed by atoms with Gasteiger partial charge in [0, 0.05) is 35.9 Å². The van der Waals surface area contributed by atoms with Crippen LogP contribution in [0.2, 0.25) is 0 Å². The summed E-state index contributed by atoms with van der Waals surface area (Å²) < 4.78 is 11.2. The zero-order valence-corrected chi connectivity index (χ0v) is 22.4. The zero-order chi connectivity index (χ0) is 27.6. The molecule has 3 aromatic rings. The Morgan fingerprint density at radius 2 is 1.90 bits per heavy atom. The average molecular weight is 530 g/mol. The number of carbonyl (C=O) groups is 2. The predicted molar refractivity (Wildman–Crippen MR) is 147 cm³/mol. The van der Waals surface area contributed by atoms with Crippen molar-refractivity contribution in [2.75, 3.05) is 30.8 Å². The van der Waals surface area contributed by atoms with Crippen LogP contribution in [0.4, 0.5) is 17.2 Å². The van der Waals surface area contributed by atoms with Crippen LogP contribution in [0.5, 0.6) is 5.75 Å². The fourth-order valence-corrected chi connectivity index (χ4v) is 4.09. The largest absolute Gasteiger partial charge is 0.494 e. The topological polar surface area (TPSA) is 140 Å². The lowest BCUT2D eigenvalue weighted by Gasteiger charge is -2.19. The number of nitrogens with zero attached hydrogens (tertiary/aromatic N) is 4. The van der Waals surface area contributed by atoms with Gasteiger partial charge in [-0.25, -0.2) is 9.78 Å². The second kappa shape index (κ2) is 10.7. The first-order valence-corrected chi connectivity index (χ1v) is 12.8. The average Bonchev–Trinajstić information content (AvgIpc) is 3.63. The van der Waals surface area contributed by atoms with Gasteiger partial charge in [-0.15, -0.1) is 10.2 Å². The summed E-state index contributed by atoms with van der Waals surface area (Å²) in [6.45, 7) is 6.78. The van der Waals surface area contributed by atoms with Crippen LogP contribution in [0.1, 0.15) is 49.8 Å². The molecular formula is C28H31N7O4. The Labute approximate surface area is 226 Å². The molecule has 3 N–H and O–H groups in total. The van der Waals surface area contributed by atoms with Crippen molar-refractivity contribution in [1.82, 2.24) is 20.5 Å². The van der Waals surface area contributed by atoms with Gasteiger partial charge in [-0.2, -0.15) is 0 Å². The SMILES string of the molecule is COc1c(Nc2cc(NC(=O)C3CC3)nnc2C2=NCCN2)cccc1-c1ccc(C(=O)OC(C)(C)C)nc1. The van der Waals surface area contributed by atoms with Crippen molar-refractivity contribution in [2.24, 2.45) is 10.9 Å². The Morgan fingerprint density at radius 3 is 2.54 bits per heavy atom. The number of ether oxygens (including phenoxy) is 2. The van der Waals surface area contributed by atoms with Crippen molar-refractivity contribution in [1.29, 1.82) is 0 Å². The van der Waals surface area contributed by atoms with Crippen LogP contribution >= 0.6 is 0 Å². The highest BCUT2D eigenvalue weighted by atomic mass is 16.6. The molecule has 0 spiro atoms. The number of methoxy groups -OCH3 is 1. The molecule has 0 unspecified atom stereocenters. The van der Waals surface area contributed by atoms with Gasteiger partial charge in [-0.05, 0) is 45.7 Å². The molecule has 1 aliphatic carbocycles. The van der Waals surface area contributed by atoms with E-state index in [0.717, 1.165) is 24.0 Å². The molecule has 1 fully saturated rings. The minimum atomic E-state index is -0.610. The summed E-state index contributed by atoms with van der Waals surface area (Å²) in [5.41, 5.74) is 2.95. The highest BCUT2D eigenvalue weighted by molar-refractivity contribution is 6.04. The van der Waals surface area contributed by atoms with Gasteiger partial charge in [0.05, 0.1) is 25.0 Å². The third-order valence-corrected chi connectivity index (χ3v) is 6.06. The van der Waals surface area contributed by atoms with Crippen LogP contribution in [0.15, 0.2) is 47.6 Å². The lowest BCUT2D eigenvalue weighted by molar-refractivity contribution is -0.117. The second-order valence-electron chi connectivity index (χ2n) is 10.4. The van der Waals surface area contributed by atoms with Crippen molar-refractivity contribution in [3.63, 3.8) is 0 Å². The number of amidine groups is 1. The number of carbonyl (C=O) groups excluding carboxylic acids is 2. The number of aliphatic imine (C=N–C) groups is 1. The van der Waals surface area contributed by atoms with Crippen LogP contribution in [0.25, 0.3) is 11.1 Å². The number of pyridine rings is 1. The fraction of sp³-hybridized carbons (Fsp3) is 0.357. The maximum absolute atomic E-state index is 12.4. The quantitative estimate of drug-likeness (QED) is 0.370. The number of rotatable bonds is 8. The van der Waals surface area contributed by atoms with E-state index in [0.29, 0.717) is 47.6 Å². The molecule has 5 rings (SSSR count). The van der Waals surface area contributed by atoms with Crippen LogP contribution in [-0.2, 0) is 9.53 Å². The van der Waals surface area contributed by atoms with E-state index in [-0.39, 0.29) is 17.5 Å². The minimum absolute atomic E-state index is 0.0378. The smallest absolute Gasteiger partial charge is 0.357 e. The van der Waals surface area contributed by atoms with Gasteiger partial charge >= 0.3 is 5.97 Å². The number of benzene rings is 1. The first-order valence-electron chi connectivity index (χ1n) is 12.8. The molecule has 1 aromatic carbocycles. The summed E-state index contributed by atoms with van der Waals surface area (Å²) in [6.07, 6.45) is 3.39. The van der Waals surface area contributed by atoms with E-state index in [9.17, 15) is 9.59 Å². The van der Waals surface area contributed by atoms with E-state index in [4.69, 9.17) is 9.47 Å². The molecule has 3 heterocycles. The van der Waals surface area contributed by atoms with Gasteiger partial charge in [-0.3, -0.25) is 9.79 Å². The molecule has 2 aliphatic rings. The van der Waals surface area contributed by atoms with E-state index in [1.807, 2.05) is 39.0 Å². The number of aromatic nitrogens is 3. The standard InChI is InChI=1S/C28H31N7O4/c1-28(2,3)39-27(37)20-11-10-17(15-31-20)18-6-5-7-19(24(18)38-4)32-21-14-22(33-26(36)16-8-9-16)34-35-23(21)25-29-12-13-30-25/h5-7,10-11,14-16H,8-9,12-13H2,1-4H3,(H,29,30)(H2,32,33,34,36). The van der Waals surface area contributed by atoms with Gasteiger partial charge < -0.3 is 25.4 Å². The monoisotopic (exact) mass is 529 g/mol.